The van der Waals surface area contributed by atoms with Gasteiger partial charge in [0.25, 0.3) is 0 Å². The highest BCUT2D eigenvalue weighted by atomic mass is 35.5. The second-order valence-corrected chi connectivity index (χ2v) is 7.29. The van der Waals surface area contributed by atoms with Crippen molar-refractivity contribution in [1.29, 1.82) is 0 Å². The molecule has 140 valence electrons. The largest absolute Gasteiger partial charge is 0.484 e. The summed E-state index contributed by atoms with van der Waals surface area (Å²) in [7, 11) is 0. The summed E-state index contributed by atoms with van der Waals surface area (Å²) in [6.45, 7) is 6.57. The van der Waals surface area contributed by atoms with Gasteiger partial charge in [-0.15, -0.1) is 16.8 Å². The van der Waals surface area contributed by atoms with Crippen molar-refractivity contribution in [2.45, 2.75) is 31.0 Å². The van der Waals surface area contributed by atoms with Crippen molar-refractivity contribution in [2.24, 2.45) is 0 Å². The van der Waals surface area contributed by atoms with Crippen LogP contribution < -0.4 is 4.74 Å². The summed E-state index contributed by atoms with van der Waals surface area (Å²) in [5.74, 6) is 1.63. The lowest BCUT2D eigenvalue weighted by Gasteiger charge is -2.10. The van der Waals surface area contributed by atoms with Gasteiger partial charge in [-0.1, -0.05) is 47.6 Å². The molecule has 0 saturated heterocycles. The molecule has 2 aromatic carbocycles. The Morgan fingerprint density at radius 3 is 2.89 bits per heavy atom. The Labute approximate surface area is 167 Å². The molecular formula is C20H19ClFN3OS. The van der Waals surface area contributed by atoms with Crippen LogP contribution in [-0.4, -0.2) is 14.8 Å². The Kier molecular flexibility index (Phi) is 6.53. The normalized spacial score (nSPS) is 10.8. The third-order valence-electron chi connectivity index (χ3n) is 3.81. The molecule has 0 spiro atoms. The van der Waals surface area contributed by atoms with Crippen LogP contribution in [0.15, 0.2) is 60.3 Å². The second-order valence-electron chi connectivity index (χ2n) is 5.94. The van der Waals surface area contributed by atoms with Crippen molar-refractivity contribution in [3.63, 3.8) is 0 Å². The van der Waals surface area contributed by atoms with Gasteiger partial charge in [0.05, 0.1) is 5.02 Å². The summed E-state index contributed by atoms with van der Waals surface area (Å²) in [5.41, 5.74) is 1.95. The Hall–Kier alpha value is -2.31. The van der Waals surface area contributed by atoms with Crippen LogP contribution in [0.4, 0.5) is 4.39 Å². The van der Waals surface area contributed by atoms with E-state index in [2.05, 4.69) is 16.8 Å². The van der Waals surface area contributed by atoms with Crippen LogP contribution >= 0.6 is 23.4 Å². The zero-order valence-corrected chi connectivity index (χ0v) is 16.4. The molecular weight excluding hydrogens is 385 g/mol. The molecule has 1 heterocycles. The first-order valence-corrected chi connectivity index (χ1v) is 9.72. The molecule has 0 aliphatic carbocycles. The number of halogens is 2. The molecule has 0 aliphatic heterocycles. The molecule has 3 rings (SSSR count). The molecule has 0 N–H and O–H groups in total. The van der Waals surface area contributed by atoms with Crippen LogP contribution in [-0.2, 0) is 18.9 Å². The molecule has 1 aromatic heterocycles. The van der Waals surface area contributed by atoms with Gasteiger partial charge in [-0.2, -0.15) is 0 Å². The van der Waals surface area contributed by atoms with E-state index in [1.807, 2.05) is 29.7 Å². The average Bonchev–Trinajstić information content (AvgIpc) is 3.03. The van der Waals surface area contributed by atoms with Gasteiger partial charge < -0.3 is 4.74 Å². The number of aryl methyl sites for hydroxylation is 1. The van der Waals surface area contributed by atoms with Crippen molar-refractivity contribution < 1.29 is 9.13 Å². The number of rotatable bonds is 8. The molecule has 3 aromatic rings. The van der Waals surface area contributed by atoms with Gasteiger partial charge in [0.15, 0.2) is 11.0 Å². The molecule has 0 aliphatic rings. The van der Waals surface area contributed by atoms with Gasteiger partial charge in [-0.25, -0.2) is 4.39 Å². The van der Waals surface area contributed by atoms with E-state index < -0.39 is 0 Å². The van der Waals surface area contributed by atoms with Crippen LogP contribution in [0.5, 0.6) is 5.75 Å². The van der Waals surface area contributed by atoms with E-state index in [0.717, 1.165) is 16.3 Å². The van der Waals surface area contributed by atoms with Crippen LogP contribution in [0.1, 0.15) is 17.0 Å². The number of hydrogen-bond donors (Lipinski definition) is 0. The van der Waals surface area contributed by atoms with Gasteiger partial charge in [-0.05, 0) is 42.3 Å². The van der Waals surface area contributed by atoms with Crippen molar-refractivity contribution >= 4 is 23.4 Å². The van der Waals surface area contributed by atoms with Crippen LogP contribution in [0, 0.1) is 12.7 Å². The van der Waals surface area contributed by atoms with Crippen molar-refractivity contribution in [2.75, 3.05) is 0 Å². The third-order valence-corrected chi connectivity index (χ3v) is 5.16. The maximum Gasteiger partial charge on any atom is 0.191 e. The highest BCUT2D eigenvalue weighted by Gasteiger charge is 2.13. The number of thioether (sulfide) groups is 1. The van der Waals surface area contributed by atoms with Crippen molar-refractivity contribution in [1.82, 2.24) is 14.8 Å². The molecule has 0 atom stereocenters. The number of benzene rings is 2. The molecule has 0 saturated carbocycles. The lowest BCUT2D eigenvalue weighted by atomic mass is 10.2. The van der Waals surface area contributed by atoms with Gasteiger partial charge in [0.1, 0.15) is 18.2 Å². The molecule has 0 radical (unpaired) electrons. The fraction of sp³-hybridized carbons (Fsp3) is 0.200. The summed E-state index contributed by atoms with van der Waals surface area (Å²) in [5, 5.41) is 9.76. The summed E-state index contributed by atoms with van der Waals surface area (Å²) in [6.07, 6.45) is 1.78. The molecule has 0 unspecified atom stereocenters. The first-order chi connectivity index (χ1) is 13.1. The lowest BCUT2D eigenvalue weighted by molar-refractivity contribution is 0.289. The maximum atomic E-state index is 13.3. The number of hydrogen-bond acceptors (Lipinski definition) is 4. The summed E-state index contributed by atoms with van der Waals surface area (Å²) in [6, 6.07) is 12.2. The smallest absolute Gasteiger partial charge is 0.191 e. The molecule has 7 heteroatoms. The Balaban J connectivity index is 1.72. The van der Waals surface area contributed by atoms with E-state index >= 15 is 0 Å². The Bertz CT molecular complexity index is 945. The van der Waals surface area contributed by atoms with Crippen LogP contribution in [0.2, 0.25) is 5.02 Å². The SMILES string of the molecule is C=CCn1c(COc2cc(C)ccc2Cl)nnc1SCc1cccc(F)c1. The standard InChI is InChI=1S/C20H19ClFN3OS/c1-3-9-25-19(12-26-18-10-14(2)7-8-17(18)21)23-24-20(25)27-13-15-5-4-6-16(22)11-15/h3-8,10-11H,1,9,12-13H2,2H3. The molecule has 27 heavy (non-hydrogen) atoms. The van der Waals surface area contributed by atoms with E-state index in [4.69, 9.17) is 16.3 Å². The van der Waals surface area contributed by atoms with Crippen molar-refractivity contribution in [3.05, 3.63) is 82.9 Å². The van der Waals surface area contributed by atoms with Crippen molar-refractivity contribution in [3.8, 4) is 5.75 Å². The summed E-state index contributed by atoms with van der Waals surface area (Å²) >= 11 is 7.67. The summed E-state index contributed by atoms with van der Waals surface area (Å²) in [4.78, 5) is 0. The van der Waals surface area contributed by atoms with E-state index in [1.165, 1.54) is 23.9 Å². The van der Waals surface area contributed by atoms with E-state index in [0.29, 0.717) is 28.9 Å². The minimum atomic E-state index is -0.246. The van der Waals surface area contributed by atoms with E-state index in [-0.39, 0.29) is 12.4 Å². The Morgan fingerprint density at radius 2 is 2.11 bits per heavy atom. The minimum Gasteiger partial charge on any atom is -0.484 e. The van der Waals surface area contributed by atoms with Crippen LogP contribution in [0.3, 0.4) is 0 Å². The zero-order chi connectivity index (χ0) is 19.2. The molecule has 0 amide bonds. The first-order valence-electron chi connectivity index (χ1n) is 8.36. The topological polar surface area (TPSA) is 39.9 Å². The van der Waals surface area contributed by atoms with Gasteiger partial charge in [0, 0.05) is 12.3 Å². The van der Waals surface area contributed by atoms with Gasteiger partial charge in [-0.3, -0.25) is 4.57 Å². The molecule has 0 fully saturated rings. The van der Waals surface area contributed by atoms with Gasteiger partial charge >= 0.3 is 0 Å². The monoisotopic (exact) mass is 403 g/mol. The predicted molar refractivity (Wildman–Crippen MR) is 107 cm³/mol. The Morgan fingerprint density at radius 1 is 1.26 bits per heavy atom. The highest BCUT2D eigenvalue weighted by molar-refractivity contribution is 7.98. The zero-order valence-electron chi connectivity index (χ0n) is 14.9. The van der Waals surface area contributed by atoms with Gasteiger partial charge in [0.2, 0.25) is 0 Å². The average molecular weight is 404 g/mol. The number of nitrogens with zero attached hydrogens (tertiary/aromatic N) is 3. The number of ether oxygens (including phenoxy) is 1. The first kappa shape index (κ1) is 19.5. The fourth-order valence-electron chi connectivity index (χ4n) is 2.48. The van der Waals surface area contributed by atoms with E-state index in [1.54, 1.807) is 18.2 Å². The minimum absolute atomic E-state index is 0.241. The number of allylic oxidation sites excluding steroid dienone is 1. The van der Waals surface area contributed by atoms with Crippen LogP contribution in [0.25, 0.3) is 0 Å². The maximum absolute atomic E-state index is 13.3. The lowest BCUT2D eigenvalue weighted by Crippen LogP contribution is -2.07. The predicted octanol–water partition coefficient (Wildman–Crippen LogP) is 5.44. The third kappa shape index (κ3) is 5.11. The van der Waals surface area contributed by atoms with E-state index in [9.17, 15) is 4.39 Å². The quantitative estimate of drug-likeness (QED) is 0.371. The second kappa shape index (κ2) is 9.06. The highest BCUT2D eigenvalue weighted by Crippen LogP contribution is 2.27. The number of aromatic nitrogens is 3. The fourth-order valence-corrected chi connectivity index (χ4v) is 3.56. The molecule has 0 bridgehead atoms. The molecule has 4 nitrogen and oxygen atoms in total. The summed E-state index contributed by atoms with van der Waals surface area (Å²) < 4.78 is 21.1.